The first-order valence-corrected chi connectivity index (χ1v) is 7.21. The summed E-state index contributed by atoms with van der Waals surface area (Å²) < 4.78 is 0. The van der Waals surface area contributed by atoms with E-state index in [1.165, 1.54) is 5.56 Å². The number of nitrogens with zero attached hydrogens (tertiary/aromatic N) is 2. The van der Waals surface area contributed by atoms with Crippen LogP contribution in [0.2, 0.25) is 0 Å². The molecule has 22 heavy (non-hydrogen) atoms. The van der Waals surface area contributed by atoms with E-state index in [9.17, 15) is 0 Å². The summed E-state index contributed by atoms with van der Waals surface area (Å²) in [4.78, 5) is 9.00. The molecule has 0 unspecified atom stereocenters. The van der Waals surface area contributed by atoms with Crippen molar-refractivity contribution < 1.29 is 0 Å². The summed E-state index contributed by atoms with van der Waals surface area (Å²) >= 11 is 0. The fourth-order valence-electron chi connectivity index (χ4n) is 2.23. The lowest BCUT2D eigenvalue weighted by Gasteiger charge is -2.11. The molecule has 0 saturated carbocycles. The van der Waals surface area contributed by atoms with Gasteiger partial charge in [0.25, 0.3) is 0 Å². The summed E-state index contributed by atoms with van der Waals surface area (Å²) in [6, 6.07) is 20.2. The van der Waals surface area contributed by atoms with Crippen molar-refractivity contribution in [3.63, 3.8) is 0 Å². The Morgan fingerprint density at radius 1 is 0.864 bits per heavy atom. The predicted octanol–water partition coefficient (Wildman–Crippen LogP) is 4.24. The van der Waals surface area contributed by atoms with Crippen molar-refractivity contribution in [2.45, 2.75) is 6.92 Å². The Morgan fingerprint density at radius 2 is 1.59 bits per heavy atom. The van der Waals surface area contributed by atoms with E-state index in [0.717, 1.165) is 22.8 Å². The van der Waals surface area contributed by atoms with Crippen LogP contribution in [0.3, 0.4) is 0 Å². The third kappa shape index (κ3) is 3.06. The number of aromatic nitrogens is 2. The van der Waals surface area contributed by atoms with Gasteiger partial charge in [0.15, 0.2) is 0 Å². The summed E-state index contributed by atoms with van der Waals surface area (Å²) in [5.41, 5.74) is 4.17. The number of aryl methyl sites for hydroxylation is 1. The second kappa shape index (κ2) is 6.26. The molecule has 4 heteroatoms. The Bertz CT molecular complexity index is 769. The third-order valence-electron chi connectivity index (χ3n) is 3.43. The molecule has 3 rings (SSSR count). The van der Waals surface area contributed by atoms with E-state index in [1.807, 2.05) is 61.6 Å². The van der Waals surface area contributed by atoms with E-state index >= 15 is 0 Å². The van der Waals surface area contributed by atoms with Crippen LogP contribution in [0, 0.1) is 6.92 Å². The van der Waals surface area contributed by atoms with E-state index in [0.29, 0.717) is 5.95 Å². The Hall–Kier alpha value is -2.88. The second-order valence-electron chi connectivity index (χ2n) is 5.02. The highest BCUT2D eigenvalue weighted by Gasteiger charge is 2.07. The zero-order valence-corrected chi connectivity index (χ0v) is 12.7. The molecule has 0 aliphatic carbocycles. The van der Waals surface area contributed by atoms with Gasteiger partial charge in [-0.05, 0) is 18.6 Å². The smallest absolute Gasteiger partial charge is 0.224 e. The Labute approximate surface area is 130 Å². The SMILES string of the molecule is CNc1nc(Nc2ccccc2C)cc(-c2ccccc2)n1. The molecule has 0 fully saturated rings. The number of benzene rings is 2. The normalized spacial score (nSPS) is 10.3. The predicted molar refractivity (Wildman–Crippen MR) is 91.5 cm³/mol. The summed E-state index contributed by atoms with van der Waals surface area (Å²) in [6.07, 6.45) is 0. The number of para-hydroxylation sites is 1. The minimum atomic E-state index is 0.595. The van der Waals surface area contributed by atoms with Crippen LogP contribution in [-0.2, 0) is 0 Å². The molecule has 2 aromatic carbocycles. The quantitative estimate of drug-likeness (QED) is 0.754. The Balaban J connectivity index is 2.00. The lowest BCUT2D eigenvalue weighted by molar-refractivity contribution is 1.15. The lowest BCUT2D eigenvalue weighted by Crippen LogP contribution is -2.02. The average Bonchev–Trinajstić information content (AvgIpc) is 2.57. The van der Waals surface area contributed by atoms with Gasteiger partial charge in [0.1, 0.15) is 5.82 Å². The molecule has 4 nitrogen and oxygen atoms in total. The van der Waals surface area contributed by atoms with Gasteiger partial charge in [-0.3, -0.25) is 0 Å². The summed E-state index contributed by atoms with van der Waals surface area (Å²) in [5, 5.41) is 6.38. The highest BCUT2D eigenvalue weighted by molar-refractivity contribution is 5.68. The first kappa shape index (κ1) is 14.1. The molecule has 0 bridgehead atoms. The molecule has 0 radical (unpaired) electrons. The van der Waals surface area contributed by atoms with Crippen LogP contribution in [0.5, 0.6) is 0 Å². The van der Waals surface area contributed by atoms with Gasteiger partial charge >= 0.3 is 0 Å². The molecule has 1 heterocycles. The van der Waals surface area contributed by atoms with Gasteiger partial charge in [-0.1, -0.05) is 48.5 Å². The average molecular weight is 290 g/mol. The Morgan fingerprint density at radius 3 is 2.32 bits per heavy atom. The highest BCUT2D eigenvalue weighted by Crippen LogP contribution is 2.24. The summed E-state index contributed by atoms with van der Waals surface area (Å²) in [7, 11) is 1.82. The van der Waals surface area contributed by atoms with Gasteiger partial charge in [0, 0.05) is 24.4 Å². The monoisotopic (exact) mass is 290 g/mol. The van der Waals surface area contributed by atoms with E-state index < -0.39 is 0 Å². The first-order chi connectivity index (χ1) is 10.8. The van der Waals surface area contributed by atoms with Crippen LogP contribution in [-0.4, -0.2) is 17.0 Å². The van der Waals surface area contributed by atoms with E-state index in [1.54, 1.807) is 0 Å². The third-order valence-corrected chi connectivity index (χ3v) is 3.43. The van der Waals surface area contributed by atoms with Crippen LogP contribution in [0.25, 0.3) is 11.3 Å². The molecule has 0 spiro atoms. The molecule has 1 aromatic heterocycles. The fraction of sp³-hybridized carbons (Fsp3) is 0.111. The molecular formula is C18H18N4. The maximum Gasteiger partial charge on any atom is 0.224 e. The summed E-state index contributed by atoms with van der Waals surface area (Å²) in [6.45, 7) is 2.07. The topological polar surface area (TPSA) is 49.8 Å². The van der Waals surface area contributed by atoms with Crippen molar-refractivity contribution in [1.29, 1.82) is 0 Å². The maximum absolute atomic E-state index is 4.52. The van der Waals surface area contributed by atoms with Crippen molar-refractivity contribution in [2.24, 2.45) is 0 Å². The number of hydrogen-bond acceptors (Lipinski definition) is 4. The van der Waals surface area contributed by atoms with E-state index in [-0.39, 0.29) is 0 Å². The zero-order chi connectivity index (χ0) is 15.4. The number of rotatable bonds is 4. The highest BCUT2D eigenvalue weighted by atomic mass is 15.1. The van der Waals surface area contributed by atoms with Gasteiger partial charge in [-0.2, -0.15) is 4.98 Å². The number of nitrogens with one attached hydrogen (secondary N) is 2. The van der Waals surface area contributed by atoms with Crippen LogP contribution in [0.1, 0.15) is 5.56 Å². The van der Waals surface area contributed by atoms with E-state index in [2.05, 4.69) is 33.6 Å². The molecule has 0 atom stereocenters. The minimum absolute atomic E-state index is 0.595. The number of anilines is 3. The van der Waals surface area contributed by atoms with Crippen molar-refractivity contribution in [3.8, 4) is 11.3 Å². The molecule has 2 N–H and O–H groups in total. The number of hydrogen-bond donors (Lipinski definition) is 2. The second-order valence-corrected chi connectivity index (χ2v) is 5.02. The van der Waals surface area contributed by atoms with Crippen molar-refractivity contribution in [3.05, 3.63) is 66.2 Å². The lowest BCUT2D eigenvalue weighted by atomic mass is 10.1. The van der Waals surface area contributed by atoms with Gasteiger partial charge in [-0.25, -0.2) is 4.98 Å². The molecule has 0 aliphatic heterocycles. The standard InChI is InChI=1S/C18H18N4/c1-13-8-6-7-11-15(13)20-17-12-16(21-18(19-2)22-17)14-9-4-3-5-10-14/h3-12H,1-2H3,(H2,19,20,21,22). The zero-order valence-electron chi connectivity index (χ0n) is 12.7. The van der Waals surface area contributed by atoms with Gasteiger partial charge in [0.2, 0.25) is 5.95 Å². The minimum Gasteiger partial charge on any atom is -0.357 e. The van der Waals surface area contributed by atoms with Crippen LogP contribution >= 0.6 is 0 Å². The largest absolute Gasteiger partial charge is 0.357 e. The first-order valence-electron chi connectivity index (χ1n) is 7.21. The van der Waals surface area contributed by atoms with Crippen LogP contribution in [0.4, 0.5) is 17.5 Å². The van der Waals surface area contributed by atoms with Crippen molar-refractivity contribution >= 4 is 17.5 Å². The Kier molecular flexibility index (Phi) is 4.01. The fourth-order valence-corrected chi connectivity index (χ4v) is 2.23. The molecule has 3 aromatic rings. The molecule has 110 valence electrons. The maximum atomic E-state index is 4.52. The van der Waals surface area contributed by atoms with Gasteiger partial charge < -0.3 is 10.6 Å². The van der Waals surface area contributed by atoms with Gasteiger partial charge in [0.05, 0.1) is 5.69 Å². The molecule has 0 amide bonds. The molecular weight excluding hydrogens is 272 g/mol. The van der Waals surface area contributed by atoms with E-state index in [4.69, 9.17) is 0 Å². The molecule has 0 saturated heterocycles. The van der Waals surface area contributed by atoms with Crippen LogP contribution < -0.4 is 10.6 Å². The van der Waals surface area contributed by atoms with Crippen molar-refractivity contribution in [1.82, 2.24) is 9.97 Å². The van der Waals surface area contributed by atoms with Gasteiger partial charge in [-0.15, -0.1) is 0 Å². The summed E-state index contributed by atoms with van der Waals surface area (Å²) in [5.74, 6) is 1.37. The van der Waals surface area contributed by atoms with Crippen molar-refractivity contribution in [2.75, 3.05) is 17.7 Å². The van der Waals surface area contributed by atoms with Crippen LogP contribution in [0.15, 0.2) is 60.7 Å². The molecule has 0 aliphatic rings.